The number of piperazine rings is 1. The lowest BCUT2D eigenvalue weighted by Gasteiger charge is -2.34. The Kier molecular flexibility index (Phi) is 5.06. The van der Waals surface area contributed by atoms with Crippen LogP contribution in [0, 0.1) is 0 Å². The number of carbonyl (C=O) groups is 1. The largest absolute Gasteiger partial charge is 0.369 e. The average Bonchev–Trinajstić information content (AvgIpc) is 3.31. The van der Waals surface area contributed by atoms with Gasteiger partial charge < -0.3 is 15.1 Å². The summed E-state index contributed by atoms with van der Waals surface area (Å²) in [6.07, 6.45) is 3.73. The summed E-state index contributed by atoms with van der Waals surface area (Å²) >= 11 is 6.37. The smallest absolute Gasteiger partial charge is 0.263 e. The fourth-order valence-electron chi connectivity index (χ4n) is 3.80. The molecule has 1 N–H and O–H groups in total. The van der Waals surface area contributed by atoms with Gasteiger partial charge in [0.25, 0.3) is 5.91 Å². The van der Waals surface area contributed by atoms with Crippen LogP contribution in [0.25, 0.3) is 22.8 Å². The zero-order chi connectivity index (χ0) is 20.7. The Morgan fingerprint density at radius 3 is 2.67 bits per heavy atom. The maximum atomic E-state index is 12.0. The highest BCUT2D eigenvalue weighted by atomic mass is 32.2. The first-order valence-corrected chi connectivity index (χ1v) is 11.1. The lowest BCUT2D eigenvalue weighted by atomic mass is 10.1. The van der Waals surface area contributed by atoms with Crippen molar-refractivity contribution in [2.75, 3.05) is 38.1 Å². The van der Waals surface area contributed by atoms with E-state index in [-0.39, 0.29) is 5.91 Å². The van der Waals surface area contributed by atoms with Crippen molar-refractivity contribution >= 4 is 57.0 Å². The number of hydrogen-bond donors (Lipinski definition) is 1. The van der Waals surface area contributed by atoms with E-state index in [1.807, 2.05) is 24.5 Å². The van der Waals surface area contributed by atoms with Crippen LogP contribution < -0.4 is 10.2 Å². The van der Waals surface area contributed by atoms with Crippen LogP contribution in [0.4, 0.5) is 5.69 Å². The minimum Gasteiger partial charge on any atom is -0.369 e. The molecule has 6 nitrogen and oxygen atoms in total. The molecule has 0 radical (unpaired) electrons. The Morgan fingerprint density at radius 2 is 1.90 bits per heavy atom. The van der Waals surface area contributed by atoms with Gasteiger partial charge >= 0.3 is 0 Å². The number of benzene rings is 2. The molecule has 0 bridgehead atoms. The van der Waals surface area contributed by atoms with Gasteiger partial charge in [0.2, 0.25) is 0 Å². The number of aromatic nitrogens is 2. The van der Waals surface area contributed by atoms with Crippen molar-refractivity contribution in [3.8, 4) is 5.69 Å². The van der Waals surface area contributed by atoms with Crippen molar-refractivity contribution in [1.29, 1.82) is 0 Å². The molecule has 3 aromatic rings. The lowest BCUT2D eigenvalue weighted by Crippen LogP contribution is -2.44. The van der Waals surface area contributed by atoms with Crippen LogP contribution in [0.3, 0.4) is 0 Å². The molecule has 1 aromatic heterocycles. The number of nitrogens with one attached hydrogen (secondary N) is 1. The number of likely N-dealkylation sites (N-methyl/N-ethyl adjacent to an activating group) is 1. The molecule has 3 heterocycles. The zero-order valence-electron chi connectivity index (χ0n) is 16.5. The maximum Gasteiger partial charge on any atom is 0.263 e. The van der Waals surface area contributed by atoms with Crippen LogP contribution in [0.2, 0.25) is 0 Å². The molecule has 5 rings (SSSR count). The molecule has 2 aromatic carbocycles. The van der Waals surface area contributed by atoms with Crippen LogP contribution in [-0.4, -0.2) is 57.9 Å². The van der Waals surface area contributed by atoms with Gasteiger partial charge in [-0.15, -0.1) is 0 Å². The number of thioether (sulfide) groups is 1. The number of fused-ring (bicyclic) bond motifs is 1. The molecule has 2 fully saturated rings. The predicted octanol–water partition coefficient (Wildman–Crippen LogP) is 3.27. The second-order valence-electron chi connectivity index (χ2n) is 7.53. The zero-order valence-corrected chi connectivity index (χ0v) is 18.2. The number of anilines is 1. The highest BCUT2D eigenvalue weighted by Crippen LogP contribution is 2.28. The Balaban J connectivity index is 1.49. The molecular weight excluding hydrogens is 414 g/mol. The second kappa shape index (κ2) is 7.86. The number of imidazole rings is 1. The maximum absolute atomic E-state index is 12.0. The summed E-state index contributed by atoms with van der Waals surface area (Å²) < 4.78 is 2.60. The SMILES string of the molecule is CN1CCN(c2cccc(-n3cnc4ccc(C=C5SC(=S)NC5=O)cc43)c2)CC1. The summed E-state index contributed by atoms with van der Waals surface area (Å²) in [5, 5.41) is 2.66. The summed E-state index contributed by atoms with van der Waals surface area (Å²) in [6, 6.07) is 14.6. The van der Waals surface area contributed by atoms with Gasteiger partial charge in [0.15, 0.2) is 0 Å². The van der Waals surface area contributed by atoms with Gasteiger partial charge in [0, 0.05) is 37.6 Å². The molecule has 8 heteroatoms. The Hall–Kier alpha value is -2.68. The molecule has 0 spiro atoms. The number of carbonyl (C=O) groups excluding carboxylic acids is 1. The van der Waals surface area contributed by atoms with Crippen LogP contribution in [0.1, 0.15) is 5.56 Å². The van der Waals surface area contributed by atoms with E-state index in [2.05, 4.69) is 62.0 Å². The second-order valence-corrected chi connectivity index (χ2v) is 9.24. The van der Waals surface area contributed by atoms with Crippen LogP contribution >= 0.6 is 24.0 Å². The third-order valence-corrected chi connectivity index (χ3v) is 6.65. The van der Waals surface area contributed by atoms with E-state index in [9.17, 15) is 4.79 Å². The highest BCUT2D eigenvalue weighted by Gasteiger charge is 2.22. The van der Waals surface area contributed by atoms with Crippen LogP contribution in [-0.2, 0) is 4.79 Å². The first-order valence-electron chi connectivity index (χ1n) is 9.83. The van der Waals surface area contributed by atoms with E-state index in [1.165, 1.54) is 17.4 Å². The molecule has 30 heavy (non-hydrogen) atoms. The van der Waals surface area contributed by atoms with Crippen molar-refractivity contribution in [2.24, 2.45) is 0 Å². The molecule has 0 saturated carbocycles. The monoisotopic (exact) mass is 435 g/mol. The van der Waals surface area contributed by atoms with Crippen molar-refractivity contribution < 1.29 is 4.79 Å². The normalized spacial score (nSPS) is 19.1. The molecular formula is C22H21N5OS2. The summed E-state index contributed by atoms with van der Waals surface area (Å²) in [5.74, 6) is -0.140. The van der Waals surface area contributed by atoms with Crippen molar-refractivity contribution in [1.82, 2.24) is 19.8 Å². The van der Waals surface area contributed by atoms with E-state index in [1.54, 1.807) is 0 Å². The number of hydrogen-bond acceptors (Lipinski definition) is 6. The average molecular weight is 436 g/mol. The summed E-state index contributed by atoms with van der Waals surface area (Å²) in [6.45, 7) is 4.21. The summed E-state index contributed by atoms with van der Waals surface area (Å²) in [7, 11) is 2.17. The molecule has 0 unspecified atom stereocenters. The van der Waals surface area contributed by atoms with Gasteiger partial charge in [-0.2, -0.15) is 0 Å². The summed E-state index contributed by atoms with van der Waals surface area (Å²) in [4.78, 5) is 21.9. The first kappa shape index (κ1) is 19.3. The van der Waals surface area contributed by atoms with Crippen molar-refractivity contribution in [2.45, 2.75) is 0 Å². The molecule has 2 aliphatic rings. The predicted molar refractivity (Wildman–Crippen MR) is 127 cm³/mol. The molecule has 0 aliphatic carbocycles. The van der Waals surface area contributed by atoms with Crippen LogP contribution in [0.5, 0.6) is 0 Å². The van der Waals surface area contributed by atoms with E-state index in [0.29, 0.717) is 9.23 Å². The Labute approximate surface area is 184 Å². The van der Waals surface area contributed by atoms with Crippen molar-refractivity contribution in [3.63, 3.8) is 0 Å². The van der Waals surface area contributed by atoms with Gasteiger partial charge in [-0.3, -0.25) is 9.36 Å². The van der Waals surface area contributed by atoms with E-state index < -0.39 is 0 Å². The first-order chi connectivity index (χ1) is 14.6. The van der Waals surface area contributed by atoms with E-state index >= 15 is 0 Å². The highest BCUT2D eigenvalue weighted by molar-refractivity contribution is 8.26. The fourth-order valence-corrected chi connectivity index (χ4v) is 4.84. The molecule has 152 valence electrons. The molecule has 2 aliphatic heterocycles. The number of amides is 1. The van der Waals surface area contributed by atoms with Gasteiger partial charge in [-0.05, 0) is 49.0 Å². The summed E-state index contributed by atoms with van der Waals surface area (Å²) in [5.41, 5.74) is 5.18. The molecule has 0 atom stereocenters. The number of nitrogens with zero attached hydrogens (tertiary/aromatic N) is 4. The van der Waals surface area contributed by atoms with Gasteiger partial charge in [-0.25, -0.2) is 4.98 Å². The van der Waals surface area contributed by atoms with Crippen molar-refractivity contribution in [3.05, 3.63) is 59.3 Å². The minimum absolute atomic E-state index is 0.140. The third kappa shape index (κ3) is 3.74. The van der Waals surface area contributed by atoms with Gasteiger partial charge in [0.1, 0.15) is 10.6 Å². The fraction of sp³-hybridized carbons (Fsp3) is 0.227. The Bertz CT molecular complexity index is 1180. The lowest BCUT2D eigenvalue weighted by molar-refractivity contribution is -0.115. The third-order valence-electron chi connectivity index (χ3n) is 5.49. The minimum atomic E-state index is -0.140. The quantitative estimate of drug-likeness (QED) is 0.503. The number of thiocarbonyl (C=S) groups is 1. The van der Waals surface area contributed by atoms with E-state index in [4.69, 9.17) is 12.2 Å². The standard InChI is InChI=1S/C22H21N5OS2/c1-25-7-9-26(10-8-25)16-3-2-4-17(13-16)27-14-23-18-6-5-15(11-19(18)27)12-20-21(28)24-22(29)30-20/h2-6,11-14H,7-10H2,1H3,(H,24,28,29). The Morgan fingerprint density at radius 1 is 1.10 bits per heavy atom. The topological polar surface area (TPSA) is 53.4 Å². The van der Waals surface area contributed by atoms with Gasteiger partial charge in [-0.1, -0.05) is 36.1 Å². The molecule has 1 amide bonds. The number of rotatable bonds is 3. The van der Waals surface area contributed by atoms with Crippen LogP contribution in [0.15, 0.2) is 53.7 Å². The van der Waals surface area contributed by atoms with Gasteiger partial charge in [0.05, 0.1) is 15.9 Å². The molecule has 2 saturated heterocycles. The van der Waals surface area contributed by atoms with E-state index in [0.717, 1.165) is 48.5 Å².